The number of benzene rings is 1. The first kappa shape index (κ1) is 21.7. The zero-order chi connectivity index (χ0) is 15.4. The van der Waals surface area contributed by atoms with E-state index in [1.807, 2.05) is 39.0 Å². The van der Waals surface area contributed by atoms with Gasteiger partial charge in [0.15, 0.2) is 0 Å². The second-order valence-corrected chi connectivity index (χ2v) is 5.59. The minimum atomic E-state index is -0.152. The molecule has 130 valence electrons. The van der Waals surface area contributed by atoms with Gasteiger partial charge in [0, 0.05) is 25.0 Å². The number of nitrogens with zero attached hydrogens (tertiary/aromatic N) is 2. The topological polar surface area (TPSA) is 72.9 Å². The van der Waals surface area contributed by atoms with Gasteiger partial charge in [0.25, 0.3) is 0 Å². The molecule has 1 heterocycles. The number of fused-ring (bicyclic) bond motifs is 1. The van der Waals surface area contributed by atoms with E-state index in [2.05, 4.69) is 20.9 Å². The Morgan fingerprint density at radius 3 is 2.61 bits per heavy atom. The SMILES string of the molecule is Cc1nc2ccccc2n1CCCNC(=O)C(C)C(C)N.Cl.Cl. The average molecular weight is 361 g/mol. The Morgan fingerprint density at radius 2 is 1.96 bits per heavy atom. The highest BCUT2D eigenvalue weighted by Gasteiger charge is 2.16. The van der Waals surface area contributed by atoms with Crippen LogP contribution in [0, 0.1) is 12.8 Å². The lowest BCUT2D eigenvalue weighted by Gasteiger charge is -2.15. The molecule has 23 heavy (non-hydrogen) atoms. The zero-order valence-corrected chi connectivity index (χ0v) is 15.4. The third-order valence-electron chi connectivity index (χ3n) is 3.91. The lowest BCUT2D eigenvalue weighted by Crippen LogP contribution is -2.39. The van der Waals surface area contributed by atoms with Crippen LogP contribution in [0.3, 0.4) is 0 Å². The van der Waals surface area contributed by atoms with E-state index in [9.17, 15) is 4.79 Å². The van der Waals surface area contributed by atoms with Crippen molar-refractivity contribution in [1.29, 1.82) is 0 Å². The second-order valence-electron chi connectivity index (χ2n) is 5.59. The van der Waals surface area contributed by atoms with E-state index in [0.717, 1.165) is 29.8 Å². The number of carbonyl (C=O) groups is 1. The summed E-state index contributed by atoms with van der Waals surface area (Å²) in [6.45, 7) is 7.22. The number of aromatic nitrogens is 2. The largest absolute Gasteiger partial charge is 0.356 e. The highest BCUT2D eigenvalue weighted by atomic mass is 35.5. The number of para-hydroxylation sites is 2. The van der Waals surface area contributed by atoms with Crippen LogP contribution >= 0.6 is 24.8 Å². The monoisotopic (exact) mass is 360 g/mol. The fourth-order valence-corrected chi connectivity index (χ4v) is 2.33. The summed E-state index contributed by atoms with van der Waals surface area (Å²) in [4.78, 5) is 16.4. The summed E-state index contributed by atoms with van der Waals surface area (Å²) < 4.78 is 2.19. The molecule has 0 saturated carbocycles. The number of nitrogens with two attached hydrogens (primary N) is 1. The highest BCUT2D eigenvalue weighted by Crippen LogP contribution is 2.15. The van der Waals surface area contributed by atoms with Gasteiger partial charge in [0.2, 0.25) is 5.91 Å². The van der Waals surface area contributed by atoms with Crippen LogP contribution in [0.5, 0.6) is 0 Å². The van der Waals surface area contributed by atoms with Gasteiger partial charge in [0.05, 0.1) is 11.0 Å². The van der Waals surface area contributed by atoms with Gasteiger partial charge in [0.1, 0.15) is 5.82 Å². The Kier molecular flexibility index (Phi) is 9.20. The highest BCUT2D eigenvalue weighted by molar-refractivity contribution is 5.85. The van der Waals surface area contributed by atoms with Gasteiger partial charge in [-0.25, -0.2) is 4.98 Å². The molecule has 0 aliphatic heterocycles. The summed E-state index contributed by atoms with van der Waals surface area (Å²) in [5, 5.41) is 2.94. The van der Waals surface area contributed by atoms with E-state index >= 15 is 0 Å². The molecule has 0 aliphatic rings. The van der Waals surface area contributed by atoms with Crippen LogP contribution in [0.1, 0.15) is 26.1 Å². The van der Waals surface area contributed by atoms with Crippen molar-refractivity contribution in [2.75, 3.05) is 6.54 Å². The fourth-order valence-electron chi connectivity index (χ4n) is 2.33. The molecular formula is C16H26Cl2N4O. The van der Waals surface area contributed by atoms with Crippen LogP contribution in [0.15, 0.2) is 24.3 Å². The number of halogens is 2. The van der Waals surface area contributed by atoms with Crippen molar-refractivity contribution in [3.8, 4) is 0 Å². The summed E-state index contributed by atoms with van der Waals surface area (Å²) in [6, 6.07) is 7.99. The predicted octanol–water partition coefficient (Wildman–Crippen LogP) is 2.68. The van der Waals surface area contributed by atoms with Gasteiger partial charge in [-0.1, -0.05) is 19.1 Å². The molecule has 0 spiro atoms. The maximum atomic E-state index is 11.8. The summed E-state index contributed by atoms with van der Waals surface area (Å²) >= 11 is 0. The van der Waals surface area contributed by atoms with Gasteiger partial charge in [-0.05, 0) is 32.4 Å². The fraction of sp³-hybridized carbons (Fsp3) is 0.500. The Hall–Kier alpha value is -1.30. The summed E-state index contributed by atoms with van der Waals surface area (Å²) in [5.74, 6) is 0.879. The first-order valence-corrected chi connectivity index (χ1v) is 7.46. The smallest absolute Gasteiger partial charge is 0.224 e. The number of carbonyl (C=O) groups excluding carboxylic acids is 1. The molecule has 0 fully saturated rings. The number of amides is 1. The minimum Gasteiger partial charge on any atom is -0.356 e. The normalized spacial score (nSPS) is 12.9. The molecule has 0 radical (unpaired) electrons. The van der Waals surface area contributed by atoms with Crippen LogP contribution in [-0.2, 0) is 11.3 Å². The molecule has 3 N–H and O–H groups in total. The Morgan fingerprint density at radius 1 is 1.30 bits per heavy atom. The lowest BCUT2D eigenvalue weighted by atomic mass is 10.0. The number of rotatable bonds is 6. The van der Waals surface area contributed by atoms with E-state index in [4.69, 9.17) is 5.73 Å². The molecular weight excluding hydrogens is 335 g/mol. The van der Waals surface area contributed by atoms with Gasteiger partial charge in [-0.15, -0.1) is 24.8 Å². The second kappa shape index (κ2) is 9.75. The molecule has 0 aliphatic carbocycles. The molecule has 2 aromatic rings. The third-order valence-corrected chi connectivity index (χ3v) is 3.91. The molecule has 0 bridgehead atoms. The van der Waals surface area contributed by atoms with Crippen molar-refractivity contribution >= 4 is 41.8 Å². The van der Waals surface area contributed by atoms with E-state index in [1.54, 1.807) is 0 Å². The summed E-state index contributed by atoms with van der Waals surface area (Å²) in [6.07, 6.45) is 0.874. The molecule has 5 nitrogen and oxygen atoms in total. The first-order valence-electron chi connectivity index (χ1n) is 7.46. The Balaban J connectivity index is 0.00000242. The standard InChI is InChI=1S/C16H24N4O.2ClH/c1-11(12(2)17)16(21)18-9-6-10-20-13(3)19-14-7-4-5-8-15(14)20;;/h4-5,7-8,11-12H,6,9-10,17H2,1-3H3,(H,18,21);2*1H. The maximum absolute atomic E-state index is 11.8. The van der Waals surface area contributed by atoms with Gasteiger partial charge >= 0.3 is 0 Å². The molecule has 2 rings (SSSR count). The van der Waals surface area contributed by atoms with Crippen molar-refractivity contribution in [3.63, 3.8) is 0 Å². The van der Waals surface area contributed by atoms with E-state index in [-0.39, 0.29) is 42.7 Å². The molecule has 0 saturated heterocycles. The number of hydrogen-bond donors (Lipinski definition) is 2. The average Bonchev–Trinajstić information content (AvgIpc) is 2.78. The predicted molar refractivity (Wildman–Crippen MR) is 99.4 cm³/mol. The summed E-state index contributed by atoms with van der Waals surface area (Å²) in [7, 11) is 0. The first-order chi connectivity index (χ1) is 10.0. The van der Waals surface area contributed by atoms with Crippen molar-refractivity contribution in [1.82, 2.24) is 14.9 Å². The number of imidazole rings is 1. The molecule has 2 unspecified atom stereocenters. The van der Waals surface area contributed by atoms with Gasteiger partial charge in [-0.3, -0.25) is 4.79 Å². The van der Waals surface area contributed by atoms with E-state index < -0.39 is 0 Å². The summed E-state index contributed by atoms with van der Waals surface area (Å²) in [5.41, 5.74) is 7.89. The quantitative estimate of drug-likeness (QED) is 0.777. The van der Waals surface area contributed by atoms with Crippen molar-refractivity contribution in [2.45, 2.75) is 39.8 Å². The number of aryl methyl sites for hydroxylation is 2. The third kappa shape index (κ3) is 5.37. The van der Waals surface area contributed by atoms with Crippen molar-refractivity contribution in [3.05, 3.63) is 30.1 Å². The lowest BCUT2D eigenvalue weighted by molar-refractivity contribution is -0.124. The Labute approximate surface area is 149 Å². The van der Waals surface area contributed by atoms with Crippen molar-refractivity contribution in [2.24, 2.45) is 11.7 Å². The molecule has 2 atom stereocenters. The number of nitrogens with one attached hydrogen (secondary N) is 1. The van der Waals surface area contributed by atoms with Crippen LogP contribution in [0.2, 0.25) is 0 Å². The zero-order valence-electron chi connectivity index (χ0n) is 13.8. The molecule has 1 aromatic carbocycles. The maximum Gasteiger partial charge on any atom is 0.224 e. The van der Waals surface area contributed by atoms with E-state index in [1.165, 1.54) is 0 Å². The van der Waals surface area contributed by atoms with Crippen LogP contribution in [0.25, 0.3) is 11.0 Å². The van der Waals surface area contributed by atoms with Crippen LogP contribution in [-0.4, -0.2) is 28.0 Å². The molecule has 1 amide bonds. The molecule has 7 heteroatoms. The van der Waals surface area contributed by atoms with Crippen LogP contribution < -0.4 is 11.1 Å². The van der Waals surface area contributed by atoms with Crippen LogP contribution in [0.4, 0.5) is 0 Å². The number of hydrogen-bond acceptors (Lipinski definition) is 3. The van der Waals surface area contributed by atoms with Gasteiger partial charge in [-0.2, -0.15) is 0 Å². The Bertz CT molecular complexity index is 628. The minimum absolute atomic E-state index is 0. The van der Waals surface area contributed by atoms with E-state index in [0.29, 0.717) is 6.54 Å². The van der Waals surface area contributed by atoms with Gasteiger partial charge < -0.3 is 15.6 Å². The molecule has 1 aromatic heterocycles. The van der Waals surface area contributed by atoms with Crippen molar-refractivity contribution < 1.29 is 4.79 Å².